The molecule has 22 heavy (non-hydrogen) atoms. The fraction of sp³-hybridized carbons (Fsp3) is 0.357. The van der Waals surface area contributed by atoms with Gasteiger partial charge in [-0.1, -0.05) is 18.2 Å². The van der Waals surface area contributed by atoms with Crippen LogP contribution in [0.1, 0.15) is 6.42 Å². The number of thioether (sulfide) groups is 1. The number of para-hydroxylation sites is 1. The van der Waals surface area contributed by atoms with E-state index in [9.17, 15) is 14.7 Å². The highest BCUT2D eigenvalue weighted by Crippen LogP contribution is 2.23. The van der Waals surface area contributed by atoms with Crippen molar-refractivity contribution in [3.8, 4) is 0 Å². The van der Waals surface area contributed by atoms with E-state index >= 15 is 0 Å². The Morgan fingerprint density at radius 3 is 2.64 bits per heavy atom. The molecular weight excluding hydrogens is 322 g/mol. The number of nitrogens with zero attached hydrogens (tertiary/aromatic N) is 1. The molecule has 2 atom stereocenters. The molecule has 1 saturated heterocycles. The lowest BCUT2D eigenvalue weighted by molar-refractivity contribution is -0.138. The molecule has 2 rings (SSSR count). The van der Waals surface area contributed by atoms with Gasteiger partial charge < -0.3 is 15.3 Å². The zero-order valence-corrected chi connectivity index (χ0v) is 13.6. The highest BCUT2D eigenvalue weighted by molar-refractivity contribution is 7.98. The zero-order chi connectivity index (χ0) is 16.1. The van der Waals surface area contributed by atoms with Gasteiger partial charge in [0.1, 0.15) is 6.04 Å². The molecule has 0 bridgehead atoms. The van der Waals surface area contributed by atoms with E-state index in [2.05, 4.69) is 10.6 Å². The van der Waals surface area contributed by atoms with Gasteiger partial charge in [-0.25, -0.2) is 4.79 Å². The summed E-state index contributed by atoms with van der Waals surface area (Å²) in [5.74, 6) is -0.631. The fourth-order valence-corrected chi connectivity index (χ4v) is 2.99. The average molecular weight is 339 g/mol. The number of thiocarbonyl (C=S) groups is 1. The minimum atomic E-state index is -0.967. The van der Waals surface area contributed by atoms with Crippen LogP contribution in [0.15, 0.2) is 30.3 Å². The van der Waals surface area contributed by atoms with E-state index in [1.807, 2.05) is 12.3 Å². The molecular formula is C14H17N3O3S2. The number of anilines is 1. The van der Waals surface area contributed by atoms with Crippen molar-refractivity contribution in [2.75, 3.05) is 16.9 Å². The number of hydrogen-bond acceptors (Lipinski definition) is 5. The molecule has 0 aliphatic carbocycles. The number of hydrogen-bond donors (Lipinski definition) is 3. The average Bonchev–Trinajstić information content (AvgIpc) is 2.82. The molecule has 1 heterocycles. The number of aliphatic carboxylic acids is 1. The zero-order valence-electron chi connectivity index (χ0n) is 12.0. The summed E-state index contributed by atoms with van der Waals surface area (Å²) < 4.78 is 0. The third-order valence-corrected chi connectivity index (χ3v) is 4.17. The summed E-state index contributed by atoms with van der Waals surface area (Å²) in [6.07, 6.45) is 1.52. The van der Waals surface area contributed by atoms with Crippen molar-refractivity contribution in [2.45, 2.75) is 18.6 Å². The van der Waals surface area contributed by atoms with Crippen LogP contribution in [-0.2, 0) is 9.59 Å². The summed E-state index contributed by atoms with van der Waals surface area (Å²) in [7, 11) is 0. The third kappa shape index (κ3) is 3.69. The van der Waals surface area contributed by atoms with Crippen molar-refractivity contribution < 1.29 is 14.7 Å². The Bertz CT molecular complexity index is 568. The van der Waals surface area contributed by atoms with Gasteiger partial charge in [0, 0.05) is 5.69 Å². The second-order valence-electron chi connectivity index (χ2n) is 4.74. The molecule has 1 amide bonds. The van der Waals surface area contributed by atoms with E-state index in [4.69, 9.17) is 12.2 Å². The first-order chi connectivity index (χ1) is 10.5. The normalized spacial score (nSPS) is 18.5. The minimum absolute atomic E-state index is 0.213. The molecule has 1 unspecified atom stereocenters. The molecule has 1 aliphatic heterocycles. The Morgan fingerprint density at radius 1 is 1.45 bits per heavy atom. The van der Waals surface area contributed by atoms with Gasteiger partial charge in [0.05, 0.1) is 0 Å². The molecule has 1 fully saturated rings. The molecule has 0 saturated carbocycles. The topological polar surface area (TPSA) is 81.7 Å². The summed E-state index contributed by atoms with van der Waals surface area (Å²) in [4.78, 5) is 25.4. The maximum atomic E-state index is 12.1. The Morgan fingerprint density at radius 2 is 2.14 bits per heavy atom. The van der Waals surface area contributed by atoms with Gasteiger partial charge in [-0.3, -0.25) is 10.1 Å². The lowest BCUT2D eigenvalue weighted by Gasteiger charge is -2.34. The van der Waals surface area contributed by atoms with Crippen LogP contribution in [0.4, 0.5) is 5.69 Å². The standard InChI is InChI=1S/C14H17N3O3S2/c1-22-8-7-10(13(19)20)17(9-5-3-2-4-6-9)11-12(18)16-14(21)15-11/h2-6,10-11H,7-8H2,1H3,(H,19,20)(H2,15,16,18,21)/t10-,11?/m0/s1. The first-order valence-electron chi connectivity index (χ1n) is 6.71. The van der Waals surface area contributed by atoms with Crippen LogP contribution >= 0.6 is 24.0 Å². The highest BCUT2D eigenvalue weighted by Gasteiger charge is 2.39. The van der Waals surface area contributed by atoms with Gasteiger partial charge in [0.15, 0.2) is 11.3 Å². The molecule has 6 nitrogen and oxygen atoms in total. The fourth-order valence-electron chi connectivity index (χ4n) is 2.32. The number of rotatable bonds is 7. The maximum Gasteiger partial charge on any atom is 0.326 e. The van der Waals surface area contributed by atoms with Gasteiger partial charge in [0.2, 0.25) is 0 Å². The number of amides is 1. The van der Waals surface area contributed by atoms with Crippen LogP contribution in [0.2, 0.25) is 0 Å². The van der Waals surface area contributed by atoms with Gasteiger partial charge >= 0.3 is 5.97 Å². The molecule has 0 aromatic heterocycles. The lowest BCUT2D eigenvalue weighted by Crippen LogP contribution is -2.55. The lowest BCUT2D eigenvalue weighted by atomic mass is 10.1. The van der Waals surface area contributed by atoms with Crippen LogP contribution in [-0.4, -0.2) is 46.3 Å². The smallest absolute Gasteiger partial charge is 0.326 e. The first-order valence-corrected chi connectivity index (χ1v) is 8.51. The van der Waals surface area contributed by atoms with Gasteiger partial charge in [-0.2, -0.15) is 11.8 Å². The van der Waals surface area contributed by atoms with E-state index in [0.717, 1.165) is 0 Å². The third-order valence-electron chi connectivity index (χ3n) is 3.30. The van der Waals surface area contributed by atoms with E-state index in [0.29, 0.717) is 17.9 Å². The van der Waals surface area contributed by atoms with Crippen molar-refractivity contribution in [2.24, 2.45) is 0 Å². The van der Waals surface area contributed by atoms with Crippen molar-refractivity contribution in [3.05, 3.63) is 30.3 Å². The van der Waals surface area contributed by atoms with E-state index in [1.54, 1.807) is 40.9 Å². The molecule has 0 radical (unpaired) electrons. The van der Waals surface area contributed by atoms with Crippen molar-refractivity contribution >= 4 is 46.7 Å². The number of benzene rings is 1. The first kappa shape index (κ1) is 16.6. The summed E-state index contributed by atoms with van der Waals surface area (Å²) in [5, 5.41) is 15.2. The summed E-state index contributed by atoms with van der Waals surface area (Å²) in [6, 6.07) is 8.20. The second kappa shape index (κ2) is 7.46. The highest BCUT2D eigenvalue weighted by atomic mass is 32.2. The maximum absolute atomic E-state index is 12.1. The van der Waals surface area contributed by atoms with E-state index < -0.39 is 18.2 Å². The minimum Gasteiger partial charge on any atom is -0.480 e. The van der Waals surface area contributed by atoms with Crippen LogP contribution in [0.3, 0.4) is 0 Å². The molecule has 118 valence electrons. The summed E-state index contributed by atoms with van der Waals surface area (Å²) >= 11 is 6.53. The van der Waals surface area contributed by atoms with Gasteiger partial charge in [0.25, 0.3) is 5.91 Å². The summed E-state index contributed by atoms with van der Waals surface area (Å²) in [5.41, 5.74) is 0.661. The van der Waals surface area contributed by atoms with Crippen LogP contribution in [0.25, 0.3) is 0 Å². The predicted molar refractivity (Wildman–Crippen MR) is 91.0 cm³/mol. The second-order valence-corrected chi connectivity index (χ2v) is 6.14. The Kier molecular flexibility index (Phi) is 5.62. The monoisotopic (exact) mass is 339 g/mol. The predicted octanol–water partition coefficient (Wildman–Crippen LogP) is 1.03. The molecule has 1 aromatic carbocycles. The Hall–Kier alpha value is -1.80. The molecule has 3 N–H and O–H groups in total. The van der Waals surface area contributed by atoms with Crippen LogP contribution < -0.4 is 15.5 Å². The summed E-state index contributed by atoms with van der Waals surface area (Å²) in [6.45, 7) is 0. The molecule has 8 heteroatoms. The quantitative estimate of drug-likeness (QED) is 0.640. The number of nitrogens with one attached hydrogen (secondary N) is 2. The number of carbonyl (C=O) groups is 2. The van der Waals surface area contributed by atoms with Crippen LogP contribution in [0.5, 0.6) is 0 Å². The van der Waals surface area contributed by atoms with Crippen LogP contribution in [0, 0.1) is 0 Å². The van der Waals surface area contributed by atoms with Crippen molar-refractivity contribution in [1.29, 1.82) is 0 Å². The van der Waals surface area contributed by atoms with Crippen molar-refractivity contribution in [3.63, 3.8) is 0 Å². The number of carboxylic acids is 1. The number of carbonyl (C=O) groups excluding carboxylic acids is 1. The van der Waals surface area contributed by atoms with E-state index in [-0.39, 0.29) is 11.0 Å². The Balaban J connectivity index is 2.38. The van der Waals surface area contributed by atoms with Gasteiger partial charge in [-0.05, 0) is 42.8 Å². The largest absolute Gasteiger partial charge is 0.480 e. The Labute approximate surface area is 138 Å². The van der Waals surface area contributed by atoms with E-state index in [1.165, 1.54) is 0 Å². The SMILES string of the molecule is CSCC[C@@H](C(=O)O)N(c1ccccc1)C1NC(=S)NC1=O. The van der Waals surface area contributed by atoms with Gasteiger partial charge in [-0.15, -0.1) is 0 Å². The molecule has 1 aromatic rings. The molecule has 1 aliphatic rings. The number of carboxylic acid groups (broad SMARTS) is 1. The molecule has 0 spiro atoms. The van der Waals surface area contributed by atoms with Crippen molar-refractivity contribution in [1.82, 2.24) is 10.6 Å².